The van der Waals surface area contributed by atoms with Gasteiger partial charge in [-0.25, -0.2) is 4.90 Å². The maximum atomic E-state index is 12.8. The first-order valence-electron chi connectivity index (χ1n) is 7.05. The Morgan fingerprint density at radius 3 is 2.52 bits per heavy atom. The number of para-hydroxylation sites is 1. The van der Waals surface area contributed by atoms with Gasteiger partial charge in [0.15, 0.2) is 11.5 Å². The number of imide groups is 1. The van der Waals surface area contributed by atoms with Crippen LogP contribution in [0.25, 0.3) is 0 Å². The predicted octanol–water partition coefficient (Wildman–Crippen LogP) is 2.39. The molecule has 0 N–H and O–H groups in total. The van der Waals surface area contributed by atoms with Crippen molar-refractivity contribution in [3.63, 3.8) is 0 Å². The molecule has 2 heterocycles. The number of hydrogen-bond donors (Lipinski definition) is 0. The first kappa shape index (κ1) is 13.6. The number of fused-ring (bicyclic) bond motifs is 4. The maximum Gasteiger partial charge on any atom is 0.268 e. The van der Waals surface area contributed by atoms with Gasteiger partial charge in [-0.2, -0.15) is 0 Å². The number of hydrogen-bond acceptors (Lipinski definition) is 5. The third-order valence-corrected chi connectivity index (χ3v) is 4.09. The number of methoxy groups -OCH3 is 2. The molecule has 0 radical (unpaired) electrons. The number of rotatable bonds is 2. The first-order valence-corrected chi connectivity index (χ1v) is 7.05. The van der Waals surface area contributed by atoms with E-state index in [0.717, 1.165) is 4.90 Å². The largest absolute Gasteiger partial charge is 0.493 e. The number of carbonyl (C=O) groups is 2. The van der Waals surface area contributed by atoms with Crippen molar-refractivity contribution >= 4 is 11.8 Å². The van der Waals surface area contributed by atoms with Crippen molar-refractivity contribution in [3.05, 3.63) is 53.1 Å². The molecule has 0 fully saturated rings. The van der Waals surface area contributed by atoms with E-state index in [9.17, 15) is 9.59 Å². The van der Waals surface area contributed by atoms with Crippen molar-refractivity contribution in [2.45, 2.75) is 6.23 Å². The fourth-order valence-electron chi connectivity index (χ4n) is 3.05. The third-order valence-electron chi connectivity index (χ3n) is 4.09. The molecule has 4 rings (SSSR count). The first-order chi connectivity index (χ1) is 11.2. The van der Waals surface area contributed by atoms with E-state index in [1.165, 1.54) is 14.2 Å². The van der Waals surface area contributed by atoms with Crippen LogP contribution >= 0.6 is 0 Å². The summed E-state index contributed by atoms with van der Waals surface area (Å²) >= 11 is 0. The van der Waals surface area contributed by atoms with E-state index in [4.69, 9.17) is 14.2 Å². The highest BCUT2D eigenvalue weighted by atomic mass is 16.5. The van der Waals surface area contributed by atoms with E-state index in [-0.39, 0.29) is 5.91 Å². The van der Waals surface area contributed by atoms with Crippen molar-refractivity contribution < 1.29 is 23.8 Å². The van der Waals surface area contributed by atoms with E-state index < -0.39 is 12.1 Å². The zero-order chi connectivity index (χ0) is 16.1. The summed E-state index contributed by atoms with van der Waals surface area (Å²) in [6, 6.07) is 10.3. The zero-order valence-corrected chi connectivity index (χ0v) is 12.5. The topological polar surface area (TPSA) is 65.1 Å². The number of amides is 2. The van der Waals surface area contributed by atoms with E-state index in [1.54, 1.807) is 36.4 Å². The van der Waals surface area contributed by atoms with E-state index >= 15 is 0 Å². The van der Waals surface area contributed by atoms with Crippen LogP contribution in [0, 0.1) is 0 Å². The van der Waals surface area contributed by atoms with Crippen LogP contribution in [-0.4, -0.2) is 30.9 Å². The van der Waals surface area contributed by atoms with Crippen molar-refractivity contribution in [1.29, 1.82) is 0 Å². The molecule has 2 aromatic rings. The molecule has 0 bridgehead atoms. The fourth-order valence-corrected chi connectivity index (χ4v) is 3.05. The van der Waals surface area contributed by atoms with Crippen LogP contribution in [0.1, 0.15) is 32.5 Å². The van der Waals surface area contributed by atoms with Gasteiger partial charge in [0, 0.05) is 5.56 Å². The van der Waals surface area contributed by atoms with Crippen LogP contribution in [-0.2, 0) is 0 Å². The van der Waals surface area contributed by atoms with Gasteiger partial charge in [0.1, 0.15) is 5.75 Å². The zero-order valence-electron chi connectivity index (χ0n) is 12.5. The van der Waals surface area contributed by atoms with Crippen molar-refractivity contribution in [3.8, 4) is 17.2 Å². The minimum atomic E-state index is -0.778. The van der Waals surface area contributed by atoms with Gasteiger partial charge in [-0.05, 0) is 24.3 Å². The smallest absolute Gasteiger partial charge is 0.268 e. The Hall–Kier alpha value is -3.02. The molecule has 0 aliphatic carbocycles. The van der Waals surface area contributed by atoms with Crippen molar-refractivity contribution in [2.75, 3.05) is 14.2 Å². The average Bonchev–Trinajstić information content (AvgIpc) is 2.87. The van der Waals surface area contributed by atoms with Gasteiger partial charge in [-0.15, -0.1) is 0 Å². The molecular formula is C17H13NO5. The van der Waals surface area contributed by atoms with Crippen LogP contribution < -0.4 is 14.2 Å². The van der Waals surface area contributed by atoms with Gasteiger partial charge in [0.2, 0.25) is 6.23 Å². The molecule has 2 aliphatic heterocycles. The second-order valence-corrected chi connectivity index (χ2v) is 5.21. The van der Waals surface area contributed by atoms with Gasteiger partial charge in [0.25, 0.3) is 11.8 Å². The highest BCUT2D eigenvalue weighted by Gasteiger charge is 2.48. The molecular weight excluding hydrogens is 298 g/mol. The van der Waals surface area contributed by atoms with Gasteiger partial charge in [-0.1, -0.05) is 12.1 Å². The normalized spacial score (nSPS) is 18.0. The Morgan fingerprint density at radius 2 is 1.78 bits per heavy atom. The summed E-state index contributed by atoms with van der Waals surface area (Å²) in [5.74, 6) is 0.391. The molecule has 23 heavy (non-hydrogen) atoms. The highest BCUT2D eigenvalue weighted by molar-refractivity contribution is 6.16. The van der Waals surface area contributed by atoms with Gasteiger partial charge in [0.05, 0.1) is 25.3 Å². The maximum absolute atomic E-state index is 12.8. The van der Waals surface area contributed by atoms with Crippen molar-refractivity contribution in [2.24, 2.45) is 0 Å². The van der Waals surface area contributed by atoms with Gasteiger partial charge >= 0.3 is 0 Å². The lowest BCUT2D eigenvalue weighted by Gasteiger charge is -2.30. The second kappa shape index (κ2) is 4.74. The Morgan fingerprint density at radius 1 is 1.00 bits per heavy atom. The van der Waals surface area contributed by atoms with Gasteiger partial charge in [-0.3, -0.25) is 9.59 Å². The monoisotopic (exact) mass is 311 g/mol. The molecule has 0 spiro atoms. The van der Waals surface area contributed by atoms with E-state index in [0.29, 0.717) is 33.9 Å². The van der Waals surface area contributed by atoms with Crippen LogP contribution in [0.2, 0.25) is 0 Å². The van der Waals surface area contributed by atoms with E-state index in [2.05, 4.69) is 0 Å². The Kier molecular flexibility index (Phi) is 2.81. The molecule has 0 saturated heterocycles. The summed E-state index contributed by atoms with van der Waals surface area (Å²) in [5, 5.41) is 0. The molecule has 2 aliphatic rings. The van der Waals surface area contributed by atoms with Crippen LogP contribution in [0.3, 0.4) is 0 Å². The molecule has 2 amide bonds. The molecule has 1 atom stereocenters. The lowest BCUT2D eigenvalue weighted by Crippen LogP contribution is -2.40. The number of benzene rings is 2. The Bertz CT molecular complexity index is 845. The van der Waals surface area contributed by atoms with E-state index in [1.807, 2.05) is 0 Å². The SMILES string of the molecule is COc1ccc2c(c1OC)C(=O)N1C(=O)c3ccccc3O[C@H]21. The number of nitrogens with zero attached hydrogens (tertiary/aromatic N) is 1. The van der Waals surface area contributed by atoms with Crippen LogP contribution in [0.5, 0.6) is 17.2 Å². The third kappa shape index (κ3) is 1.69. The summed E-state index contributed by atoms with van der Waals surface area (Å²) < 4.78 is 16.4. The molecule has 6 nitrogen and oxygen atoms in total. The minimum absolute atomic E-state index is 0.304. The second-order valence-electron chi connectivity index (χ2n) is 5.21. The molecule has 0 saturated carbocycles. The number of ether oxygens (including phenoxy) is 3. The molecule has 0 unspecified atom stereocenters. The minimum Gasteiger partial charge on any atom is -0.493 e. The quantitative estimate of drug-likeness (QED) is 0.797. The standard InChI is InChI=1S/C17H13NO5/c1-21-12-8-7-10-13(14(12)22-2)16(20)18-15(19)9-5-3-4-6-11(9)23-17(10)18/h3-8,17H,1-2H3/t17-/m1/s1. The van der Waals surface area contributed by atoms with Gasteiger partial charge < -0.3 is 14.2 Å². The highest BCUT2D eigenvalue weighted by Crippen LogP contribution is 2.47. The van der Waals surface area contributed by atoms with Crippen LogP contribution in [0.15, 0.2) is 36.4 Å². The average molecular weight is 311 g/mol. The summed E-state index contributed by atoms with van der Waals surface area (Å²) in [4.78, 5) is 26.6. The Balaban J connectivity index is 1.91. The number of carbonyl (C=O) groups excluding carboxylic acids is 2. The fraction of sp³-hybridized carbons (Fsp3) is 0.176. The molecule has 6 heteroatoms. The predicted molar refractivity (Wildman–Crippen MR) is 79.9 cm³/mol. The summed E-state index contributed by atoms with van der Waals surface area (Å²) in [7, 11) is 2.95. The summed E-state index contributed by atoms with van der Waals surface area (Å²) in [6.07, 6.45) is -0.778. The van der Waals surface area contributed by atoms with Crippen molar-refractivity contribution in [1.82, 2.24) is 4.90 Å². The molecule has 116 valence electrons. The lowest BCUT2D eigenvalue weighted by molar-refractivity contribution is 0.0184. The van der Waals surface area contributed by atoms with Crippen LogP contribution in [0.4, 0.5) is 0 Å². The summed E-state index contributed by atoms with van der Waals surface area (Å²) in [5.41, 5.74) is 1.27. The molecule has 2 aromatic carbocycles. The lowest BCUT2D eigenvalue weighted by atomic mass is 10.1. The Labute approximate surface area is 132 Å². The molecule has 0 aromatic heterocycles. The summed E-state index contributed by atoms with van der Waals surface area (Å²) in [6.45, 7) is 0.